The van der Waals surface area contributed by atoms with Crippen molar-refractivity contribution in [1.82, 2.24) is 0 Å². The lowest BCUT2D eigenvalue weighted by atomic mass is 9.90. The summed E-state index contributed by atoms with van der Waals surface area (Å²) < 4.78 is 16.4. The first-order valence-electron chi connectivity index (χ1n) is 6.34. The molecule has 5 heteroatoms. The van der Waals surface area contributed by atoms with Gasteiger partial charge >= 0.3 is 6.16 Å². The molecule has 2 aliphatic rings. The third-order valence-electron chi connectivity index (χ3n) is 3.52. The number of ether oxygens (including phenoxy) is 3. The summed E-state index contributed by atoms with van der Waals surface area (Å²) >= 11 is 1.65. The Morgan fingerprint density at radius 1 is 1.32 bits per heavy atom. The number of rotatable bonds is 2. The van der Waals surface area contributed by atoms with Crippen LogP contribution in [0.25, 0.3) is 0 Å². The molecule has 2 fully saturated rings. The van der Waals surface area contributed by atoms with Crippen molar-refractivity contribution in [2.24, 2.45) is 0 Å². The summed E-state index contributed by atoms with van der Waals surface area (Å²) in [6.07, 6.45) is -0.430. The topological polar surface area (TPSA) is 44.8 Å². The molecule has 0 aliphatic carbocycles. The number of hydrogen-bond donors (Lipinski definition) is 0. The quantitative estimate of drug-likeness (QED) is 0.778. The highest BCUT2D eigenvalue weighted by atomic mass is 32.2. The smallest absolute Gasteiger partial charge is 0.424 e. The maximum atomic E-state index is 11.3. The molecular formula is C14H16O4S. The van der Waals surface area contributed by atoms with Crippen LogP contribution in [0, 0.1) is 0 Å². The van der Waals surface area contributed by atoms with Crippen molar-refractivity contribution in [3.8, 4) is 0 Å². The maximum Gasteiger partial charge on any atom is 0.509 e. The fraction of sp³-hybridized carbons (Fsp3) is 0.500. The van der Waals surface area contributed by atoms with Crippen LogP contribution in [0.1, 0.15) is 20.3 Å². The lowest BCUT2D eigenvalue weighted by molar-refractivity contribution is -0.126. The number of thioether (sulfide) groups is 1. The Balaban J connectivity index is 1.74. The second-order valence-electron chi connectivity index (χ2n) is 5.11. The van der Waals surface area contributed by atoms with Crippen LogP contribution in [-0.2, 0) is 14.2 Å². The summed E-state index contributed by atoms with van der Waals surface area (Å²) in [5, 5.41) is 0. The van der Waals surface area contributed by atoms with Gasteiger partial charge in [0.1, 0.15) is 5.44 Å². The summed E-state index contributed by atoms with van der Waals surface area (Å²) in [6.45, 7) is 3.84. The molecule has 3 rings (SSSR count). The Bertz CT molecular complexity index is 478. The Labute approximate surface area is 116 Å². The van der Waals surface area contributed by atoms with Crippen LogP contribution in [0.5, 0.6) is 0 Å². The summed E-state index contributed by atoms with van der Waals surface area (Å²) in [7, 11) is 0. The highest BCUT2D eigenvalue weighted by Crippen LogP contribution is 2.43. The van der Waals surface area contributed by atoms with Crippen molar-refractivity contribution in [3.63, 3.8) is 0 Å². The molecule has 4 nitrogen and oxygen atoms in total. The molecule has 1 unspecified atom stereocenters. The van der Waals surface area contributed by atoms with Crippen LogP contribution in [0.2, 0.25) is 0 Å². The van der Waals surface area contributed by atoms with Crippen molar-refractivity contribution in [2.75, 3.05) is 0 Å². The highest BCUT2D eigenvalue weighted by Gasteiger charge is 2.55. The van der Waals surface area contributed by atoms with E-state index in [0.717, 1.165) is 4.90 Å². The Morgan fingerprint density at radius 2 is 2.05 bits per heavy atom. The van der Waals surface area contributed by atoms with E-state index < -0.39 is 11.8 Å². The number of carbonyl (C=O) groups is 1. The first-order chi connectivity index (χ1) is 9.07. The number of carbonyl (C=O) groups excluding carboxylic acids is 1. The van der Waals surface area contributed by atoms with Crippen molar-refractivity contribution in [1.29, 1.82) is 0 Å². The fourth-order valence-electron chi connectivity index (χ4n) is 2.66. The van der Waals surface area contributed by atoms with Gasteiger partial charge in [0, 0.05) is 11.3 Å². The van der Waals surface area contributed by atoms with Gasteiger partial charge in [-0.25, -0.2) is 4.79 Å². The average molecular weight is 280 g/mol. The zero-order chi connectivity index (χ0) is 13.5. The average Bonchev–Trinajstić information content (AvgIpc) is 2.65. The van der Waals surface area contributed by atoms with Gasteiger partial charge in [-0.05, 0) is 26.0 Å². The van der Waals surface area contributed by atoms with Crippen LogP contribution in [0.15, 0.2) is 35.2 Å². The molecule has 0 N–H and O–H groups in total. The normalized spacial score (nSPS) is 37.4. The molecule has 2 aliphatic heterocycles. The predicted octanol–water partition coefficient (Wildman–Crippen LogP) is 3.21. The SMILES string of the molecule is C[C@@H]1OC(Sc2ccccc2)C[C@@]2(C)OC(=O)O[C@@H]12. The lowest BCUT2D eigenvalue weighted by Crippen LogP contribution is -2.52. The summed E-state index contributed by atoms with van der Waals surface area (Å²) in [5.74, 6) is 0. The largest absolute Gasteiger partial charge is 0.509 e. The van der Waals surface area contributed by atoms with Gasteiger partial charge in [0.2, 0.25) is 0 Å². The van der Waals surface area contributed by atoms with Crippen molar-refractivity contribution in [3.05, 3.63) is 30.3 Å². The summed E-state index contributed by atoms with van der Waals surface area (Å²) in [4.78, 5) is 12.5. The van der Waals surface area contributed by atoms with Crippen molar-refractivity contribution >= 4 is 17.9 Å². The molecule has 0 aromatic heterocycles. The van der Waals surface area contributed by atoms with Gasteiger partial charge in [0.25, 0.3) is 0 Å². The van der Waals surface area contributed by atoms with E-state index in [1.54, 1.807) is 11.8 Å². The molecule has 0 radical (unpaired) electrons. The van der Waals surface area contributed by atoms with E-state index in [-0.39, 0.29) is 17.6 Å². The lowest BCUT2D eigenvalue weighted by Gasteiger charge is -2.39. The maximum absolute atomic E-state index is 11.3. The second-order valence-corrected chi connectivity index (χ2v) is 6.34. The van der Waals surface area contributed by atoms with E-state index in [1.165, 1.54) is 0 Å². The minimum Gasteiger partial charge on any atom is -0.424 e. The molecule has 0 amide bonds. The second kappa shape index (κ2) is 4.72. The van der Waals surface area contributed by atoms with Crippen LogP contribution in [0.3, 0.4) is 0 Å². The number of fused-ring (bicyclic) bond motifs is 1. The molecule has 0 saturated carbocycles. The minimum atomic E-state index is -0.590. The van der Waals surface area contributed by atoms with Crippen LogP contribution >= 0.6 is 11.8 Å². The van der Waals surface area contributed by atoms with E-state index in [0.29, 0.717) is 6.42 Å². The van der Waals surface area contributed by atoms with Gasteiger partial charge < -0.3 is 14.2 Å². The summed E-state index contributed by atoms with van der Waals surface area (Å²) in [6, 6.07) is 10.1. The highest BCUT2D eigenvalue weighted by molar-refractivity contribution is 7.99. The molecular weight excluding hydrogens is 264 g/mol. The fourth-order valence-corrected chi connectivity index (χ4v) is 3.92. The van der Waals surface area contributed by atoms with Crippen LogP contribution in [0.4, 0.5) is 4.79 Å². The van der Waals surface area contributed by atoms with Crippen LogP contribution < -0.4 is 0 Å². The van der Waals surface area contributed by atoms with Gasteiger partial charge in [-0.2, -0.15) is 0 Å². The molecule has 2 saturated heterocycles. The van der Waals surface area contributed by atoms with Crippen molar-refractivity contribution in [2.45, 2.75) is 48.4 Å². The molecule has 1 aromatic rings. The third kappa shape index (κ3) is 2.44. The molecule has 2 heterocycles. The Hall–Kier alpha value is -1.20. The number of benzene rings is 1. The van der Waals surface area contributed by atoms with Gasteiger partial charge in [0.15, 0.2) is 11.7 Å². The first kappa shape index (κ1) is 12.8. The molecule has 4 atom stereocenters. The molecule has 19 heavy (non-hydrogen) atoms. The van der Waals surface area contributed by atoms with E-state index in [1.807, 2.05) is 44.2 Å². The van der Waals surface area contributed by atoms with Gasteiger partial charge in [-0.3, -0.25) is 0 Å². The molecule has 0 bridgehead atoms. The Kier molecular flexibility index (Phi) is 3.19. The molecule has 0 spiro atoms. The van der Waals surface area contributed by atoms with Crippen molar-refractivity contribution < 1.29 is 19.0 Å². The predicted molar refractivity (Wildman–Crippen MR) is 71.0 cm³/mol. The Morgan fingerprint density at radius 3 is 2.79 bits per heavy atom. The van der Waals surface area contributed by atoms with Gasteiger partial charge in [-0.15, -0.1) is 0 Å². The van der Waals surface area contributed by atoms with E-state index in [4.69, 9.17) is 14.2 Å². The van der Waals surface area contributed by atoms with E-state index in [9.17, 15) is 4.79 Å². The third-order valence-corrected chi connectivity index (χ3v) is 4.60. The first-order valence-corrected chi connectivity index (χ1v) is 7.21. The minimum absolute atomic E-state index is 0.0341. The van der Waals surface area contributed by atoms with Gasteiger partial charge in [-0.1, -0.05) is 30.0 Å². The molecule has 1 aromatic carbocycles. The number of hydrogen-bond acceptors (Lipinski definition) is 5. The van der Waals surface area contributed by atoms with Gasteiger partial charge in [0.05, 0.1) is 6.10 Å². The summed E-state index contributed by atoms with van der Waals surface area (Å²) in [5.41, 5.74) is -0.616. The zero-order valence-corrected chi connectivity index (χ0v) is 11.7. The van der Waals surface area contributed by atoms with E-state index >= 15 is 0 Å². The monoisotopic (exact) mass is 280 g/mol. The zero-order valence-electron chi connectivity index (χ0n) is 10.9. The van der Waals surface area contributed by atoms with E-state index in [2.05, 4.69) is 0 Å². The van der Waals surface area contributed by atoms with Crippen LogP contribution in [-0.4, -0.2) is 29.4 Å². The molecule has 102 valence electrons. The standard InChI is InChI=1S/C14H16O4S/c1-9-12-14(2,18-13(15)17-12)8-11(16-9)19-10-6-4-3-5-7-10/h3-7,9,11-12H,8H2,1-2H3/t9-,11?,12-,14+/m0/s1.